The van der Waals surface area contributed by atoms with Gasteiger partial charge in [-0.2, -0.15) is 0 Å². The standard InChI is InChI=1S/C8H6BrNO3/c9-5-1-6(3-8(12)13)10-7(2-5)4-11/h1-2,4H,3H2,(H,12,13). The van der Waals surface area contributed by atoms with E-state index in [2.05, 4.69) is 20.9 Å². The van der Waals surface area contributed by atoms with Crippen molar-refractivity contribution in [3.05, 3.63) is 28.0 Å². The zero-order chi connectivity index (χ0) is 9.84. The van der Waals surface area contributed by atoms with E-state index in [-0.39, 0.29) is 12.1 Å². The van der Waals surface area contributed by atoms with Crippen LogP contribution in [0.15, 0.2) is 16.6 Å². The number of aldehydes is 1. The number of aromatic nitrogens is 1. The third kappa shape index (κ3) is 2.95. The van der Waals surface area contributed by atoms with E-state index in [4.69, 9.17) is 5.11 Å². The highest BCUT2D eigenvalue weighted by Gasteiger charge is 2.04. The minimum atomic E-state index is -0.970. The lowest BCUT2D eigenvalue weighted by atomic mass is 10.2. The second kappa shape index (κ2) is 4.13. The van der Waals surface area contributed by atoms with E-state index in [9.17, 15) is 9.59 Å². The molecule has 0 fully saturated rings. The number of pyridine rings is 1. The molecule has 0 unspecified atom stereocenters. The molecule has 0 spiro atoms. The van der Waals surface area contributed by atoms with Gasteiger partial charge in [-0.05, 0) is 12.1 Å². The van der Waals surface area contributed by atoms with Crippen LogP contribution in [0.3, 0.4) is 0 Å². The molecule has 0 aliphatic rings. The smallest absolute Gasteiger partial charge is 0.309 e. The zero-order valence-corrected chi connectivity index (χ0v) is 8.11. The third-order valence-corrected chi connectivity index (χ3v) is 1.77. The minimum absolute atomic E-state index is 0.180. The maximum absolute atomic E-state index is 10.4. The highest BCUT2D eigenvalue weighted by Crippen LogP contribution is 2.12. The van der Waals surface area contributed by atoms with Gasteiger partial charge in [0.2, 0.25) is 0 Å². The molecule has 0 amide bonds. The molecule has 13 heavy (non-hydrogen) atoms. The number of carbonyl (C=O) groups excluding carboxylic acids is 1. The van der Waals surface area contributed by atoms with E-state index in [1.807, 2.05) is 0 Å². The van der Waals surface area contributed by atoms with Crippen molar-refractivity contribution in [1.82, 2.24) is 4.98 Å². The highest BCUT2D eigenvalue weighted by atomic mass is 79.9. The van der Waals surface area contributed by atoms with Crippen molar-refractivity contribution in [3.8, 4) is 0 Å². The number of hydrogen-bond donors (Lipinski definition) is 1. The van der Waals surface area contributed by atoms with Gasteiger partial charge in [0.15, 0.2) is 6.29 Å². The summed E-state index contributed by atoms with van der Waals surface area (Å²) in [4.78, 5) is 24.5. The normalized spacial score (nSPS) is 9.62. The Hall–Kier alpha value is -1.23. The van der Waals surface area contributed by atoms with Crippen LogP contribution in [0, 0.1) is 0 Å². The van der Waals surface area contributed by atoms with Crippen molar-refractivity contribution in [2.24, 2.45) is 0 Å². The molecular formula is C8H6BrNO3. The molecule has 1 heterocycles. The number of carbonyl (C=O) groups is 2. The van der Waals surface area contributed by atoms with Gasteiger partial charge in [0.25, 0.3) is 0 Å². The molecule has 0 atom stereocenters. The van der Waals surface area contributed by atoms with Crippen LogP contribution < -0.4 is 0 Å². The fourth-order valence-electron chi connectivity index (χ4n) is 0.878. The van der Waals surface area contributed by atoms with Crippen molar-refractivity contribution >= 4 is 28.2 Å². The summed E-state index contributed by atoms with van der Waals surface area (Å²) in [6.07, 6.45) is 0.399. The van der Waals surface area contributed by atoms with Gasteiger partial charge in [0.1, 0.15) is 5.69 Å². The monoisotopic (exact) mass is 243 g/mol. The quantitative estimate of drug-likeness (QED) is 0.813. The van der Waals surface area contributed by atoms with E-state index < -0.39 is 5.97 Å². The predicted molar refractivity (Wildman–Crippen MR) is 48.7 cm³/mol. The second-order valence-electron chi connectivity index (χ2n) is 2.39. The SMILES string of the molecule is O=Cc1cc(Br)cc(CC(=O)O)n1. The fraction of sp³-hybridized carbons (Fsp3) is 0.125. The second-order valence-corrected chi connectivity index (χ2v) is 3.31. The van der Waals surface area contributed by atoms with Crippen LogP contribution in [0.5, 0.6) is 0 Å². The van der Waals surface area contributed by atoms with Crippen molar-refractivity contribution < 1.29 is 14.7 Å². The molecule has 0 saturated heterocycles. The van der Waals surface area contributed by atoms with Crippen molar-refractivity contribution in [1.29, 1.82) is 0 Å². The Labute approximate surface area is 82.7 Å². The first-order chi connectivity index (χ1) is 6.11. The lowest BCUT2D eigenvalue weighted by molar-refractivity contribution is -0.136. The molecule has 1 aromatic heterocycles. The number of carboxylic acids is 1. The molecule has 5 heteroatoms. The van der Waals surface area contributed by atoms with Crippen LogP contribution >= 0.6 is 15.9 Å². The first-order valence-electron chi connectivity index (χ1n) is 3.45. The first kappa shape index (κ1) is 9.85. The summed E-state index contributed by atoms with van der Waals surface area (Å²) in [5, 5.41) is 8.48. The summed E-state index contributed by atoms with van der Waals surface area (Å²) in [7, 11) is 0. The summed E-state index contributed by atoms with van der Waals surface area (Å²) < 4.78 is 0.654. The minimum Gasteiger partial charge on any atom is -0.481 e. The fourth-order valence-corrected chi connectivity index (χ4v) is 1.38. The van der Waals surface area contributed by atoms with Crippen LogP contribution in [-0.4, -0.2) is 22.3 Å². The molecule has 0 aliphatic heterocycles. The third-order valence-electron chi connectivity index (χ3n) is 1.32. The number of carboxylic acid groups (broad SMARTS) is 1. The van der Waals surface area contributed by atoms with E-state index in [1.54, 1.807) is 6.07 Å². The Morgan fingerprint density at radius 3 is 2.85 bits per heavy atom. The summed E-state index contributed by atoms with van der Waals surface area (Å²) in [5.41, 5.74) is 0.592. The van der Waals surface area contributed by atoms with Crippen LogP contribution in [0.25, 0.3) is 0 Å². The molecule has 1 aromatic rings. The maximum atomic E-state index is 10.4. The number of aliphatic carboxylic acids is 1. The Morgan fingerprint density at radius 2 is 2.31 bits per heavy atom. The maximum Gasteiger partial charge on any atom is 0.309 e. The number of nitrogens with zero attached hydrogens (tertiary/aromatic N) is 1. The average molecular weight is 244 g/mol. The van der Waals surface area contributed by atoms with Crippen molar-refractivity contribution in [2.75, 3.05) is 0 Å². The van der Waals surface area contributed by atoms with Gasteiger partial charge < -0.3 is 5.11 Å². The van der Waals surface area contributed by atoms with Gasteiger partial charge in [0.05, 0.1) is 12.1 Å². The summed E-state index contributed by atoms with van der Waals surface area (Å²) >= 11 is 3.15. The average Bonchev–Trinajstić information content (AvgIpc) is 2.01. The van der Waals surface area contributed by atoms with Crippen molar-refractivity contribution in [3.63, 3.8) is 0 Å². The Bertz CT molecular complexity index is 351. The summed E-state index contributed by atoms with van der Waals surface area (Å²) in [6, 6.07) is 3.10. The van der Waals surface area contributed by atoms with E-state index in [1.165, 1.54) is 6.07 Å². The molecule has 1 rings (SSSR count). The molecule has 0 aliphatic carbocycles. The lowest BCUT2D eigenvalue weighted by Crippen LogP contribution is -2.03. The first-order valence-corrected chi connectivity index (χ1v) is 4.24. The molecular weight excluding hydrogens is 238 g/mol. The van der Waals surface area contributed by atoms with Crippen LogP contribution in [-0.2, 0) is 11.2 Å². The van der Waals surface area contributed by atoms with Gasteiger partial charge in [-0.15, -0.1) is 0 Å². The molecule has 0 saturated carbocycles. The lowest BCUT2D eigenvalue weighted by Gasteiger charge is -1.98. The topological polar surface area (TPSA) is 67.3 Å². The van der Waals surface area contributed by atoms with Gasteiger partial charge in [-0.1, -0.05) is 15.9 Å². The molecule has 0 bridgehead atoms. The molecule has 0 radical (unpaired) electrons. The molecule has 68 valence electrons. The Kier molecular flexibility index (Phi) is 3.13. The van der Waals surface area contributed by atoms with Gasteiger partial charge in [-0.25, -0.2) is 4.98 Å². The molecule has 1 N–H and O–H groups in total. The van der Waals surface area contributed by atoms with Gasteiger partial charge >= 0.3 is 5.97 Å². The van der Waals surface area contributed by atoms with Gasteiger partial charge in [-0.3, -0.25) is 9.59 Å². The van der Waals surface area contributed by atoms with Crippen molar-refractivity contribution in [2.45, 2.75) is 6.42 Å². The highest BCUT2D eigenvalue weighted by molar-refractivity contribution is 9.10. The summed E-state index contributed by atoms with van der Waals surface area (Å²) in [5.74, 6) is -0.970. The van der Waals surface area contributed by atoms with E-state index >= 15 is 0 Å². The zero-order valence-electron chi connectivity index (χ0n) is 6.53. The Balaban J connectivity index is 3.01. The summed E-state index contributed by atoms with van der Waals surface area (Å²) in [6.45, 7) is 0. The van der Waals surface area contributed by atoms with E-state index in [0.29, 0.717) is 16.5 Å². The van der Waals surface area contributed by atoms with Gasteiger partial charge in [0, 0.05) is 4.47 Å². The predicted octanol–water partition coefficient (Wildman–Crippen LogP) is 1.28. The molecule has 4 nitrogen and oxygen atoms in total. The largest absolute Gasteiger partial charge is 0.481 e. The van der Waals surface area contributed by atoms with Crippen LogP contribution in [0.1, 0.15) is 16.2 Å². The van der Waals surface area contributed by atoms with E-state index in [0.717, 1.165) is 0 Å². The number of hydrogen-bond acceptors (Lipinski definition) is 3. The number of halogens is 1. The van der Waals surface area contributed by atoms with Crippen LogP contribution in [0.2, 0.25) is 0 Å². The van der Waals surface area contributed by atoms with Crippen LogP contribution in [0.4, 0.5) is 0 Å². The molecule has 0 aromatic carbocycles. The number of rotatable bonds is 3. The Morgan fingerprint density at radius 1 is 1.62 bits per heavy atom.